The van der Waals surface area contributed by atoms with Crippen molar-refractivity contribution in [2.75, 3.05) is 10.6 Å². The molecule has 9 nitrogen and oxygen atoms in total. The maximum absolute atomic E-state index is 13.6. The number of rotatable bonds is 5. The first-order valence-corrected chi connectivity index (χ1v) is 11.6. The lowest BCUT2D eigenvalue weighted by molar-refractivity contribution is 0.0984. The first-order chi connectivity index (χ1) is 17.0. The smallest absolute Gasteiger partial charge is 0.260 e. The van der Waals surface area contributed by atoms with Gasteiger partial charge in [0.2, 0.25) is 0 Å². The number of anilines is 2. The summed E-state index contributed by atoms with van der Waals surface area (Å²) in [6.07, 6.45) is 5.29. The number of carbonyl (C=O) groups is 1. The Morgan fingerprint density at radius 3 is 2.83 bits per heavy atom. The lowest BCUT2D eigenvalue weighted by Crippen LogP contribution is -2.30. The summed E-state index contributed by atoms with van der Waals surface area (Å²) in [5.41, 5.74) is 10.9. The fourth-order valence-corrected chi connectivity index (χ4v) is 4.62. The van der Waals surface area contributed by atoms with E-state index >= 15 is 0 Å². The van der Waals surface area contributed by atoms with Crippen LogP contribution in [0.2, 0.25) is 5.15 Å². The number of hydrogen-bond acceptors (Lipinski definition) is 7. The number of benzene rings is 1. The number of carbonyl (C=O) groups excluding carboxylic acids is 1. The van der Waals surface area contributed by atoms with Gasteiger partial charge in [0.05, 0.1) is 43.1 Å². The normalized spacial score (nSPS) is 14.6. The molecule has 1 aromatic carbocycles. The third-order valence-electron chi connectivity index (χ3n) is 6.39. The molecule has 0 unspecified atom stereocenters. The minimum atomic E-state index is -0.297. The largest absolute Gasteiger partial charge is 0.383 e. The van der Waals surface area contributed by atoms with E-state index in [0.29, 0.717) is 36.3 Å². The maximum atomic E-state index is 13.6. The fraction of sp³-hybridized carbons (Fsp3) is 0.240. The predicted octanol–water partition coefficient (Wildman–Crippen LogP) is 4.15. The molecule has 4 aromatic rings. The van der Waals surface area contributed by atoms with Crippen LogP contribution in [0.15, 0.2) is 42.7 Å². The van der Waals surface area contributed by atoms with Crippen LogP contribution >= 0.6 is 11.6 Å². The van der Waals surface area contributed by atoms with Gasteiger partial charge in [0, 0.05) is 17.1 Å². The zero-order chi connectivity index (χ0) is 24.1. The van der Waals surface area contributed by atoms with Crippen molar-refractivity contribution in [3.05, 3.63) is 75.8 Å². The Morgan fingerprint density at radius 2 is 2.09 bits per heavy atom. The highest BCUT2D eigenvalue weighted by atomic mass is 35.5. The van der Waals surface area contributed by atoms with Crippen molar-refractivity contribution in [2.45, 2.75) is 38.6 Å². The van der Waals surface area contributed by atoms with Gasteiger partial charge in [-0.15, -0.1) is 0 Å². The molecule has 1 aliphatic heterocycles. The van der Waals surface area contributed by atoms with Crippen LogP contribution in [-0.2, 0) is 24.5 Å². The molecular formula is C25H20ClN7O2. The second kappa shape index (κ2) is 8.34. The Hall–Kier alpha value is -4.00. The van der Waals surface area contributed by atoms with E-state index in [1.807, 2.05) is 35.1 Å². The second-order valence-electron chi connectivity index (χ2n) is 8.75. The van der Waals surface area contributed by atoms with Gasteiger partial charge in [-0.1, -0.05) is 23.7 Å². The van der Waals surface area contributed by atoms with Crippen molar-refractivity contribution in [1.82, 2.24) is 19.7 Å². The number of nitrogens with zero attached hydrogens (tertiary/aromatic N) is 6. The highest BCUT2D eigenvalue weighted by molar-refractivity contribution is 6.32. The summed E-state index contributed by atoms with van der Waals surface area (Å²) in [5, 5.41) is 14.7. The Bertz CT molecular complexity index is 1520. The van der Waals surface area contributed by atoms with Crippen LogP contribution in [0.1, 0.15) is 51.6 Å². The van der Waals surface area contributed by atoms with Gasteiger partial charge in [-0.05, 0) is 42.2 Å². The highest BCUT2D eigenvalue weighted by Gasteiger charge is 2.29. The Kier molecular flexibility index (Phi) is 5.13. The quantitative estimate of drug-likeness (QED) is 0.450. The van der Waals surface area contributed by atoms with E-state index in [0.717, 1.165) is 40.4 Å². The van der Waals surface area contributed by atoms with Crippen molar-refractivity contribution in [1.29, 1.82) is 5.26 Å². The summed E-state index contributed by atoms with van der Waals surface area (Å²) in [6.45, 7) is 1.21. The standard InChI is InChI=1S/C25H20ClN7O2/c26-23-22(11-33(31-23)17-4-5-17)32(25(34)15-2-3-16(8-27)29-9-15)10-14-1-6-18-19-12-35-13-20(19)24(28)30-21(18)7-14/h1-3,6-7,9,11,17H,4-5,10,12-13H2,(H2,28,30). The van der Waals surface area contributed by atoms with Crippen LogP contribution in [0, 0.1) is 11.3 Å². The molecule has 1 saturated carbocycles. The summed E-state index contributed by atoms with van der Waals surface area (Å²) >= 11 is 6.51. The molecule has 6 rings (SSSR count). The van der Waals surface area contributed by atoms with Gasteiger partial charge in [-0.3, -0.25) is 14.4 Å². The summed E-state index contributed by atoms with van der Waals surface area (Å²) in [6, 6.07) is 11.3. The number of nitriles is 1. The van der Waals surface area contributed by atoms with Crippen molar-refractivity contribution in [3.8, 4) is 6.07 Å². The fourth-order valence-electron chi connectivity index (χ4n) is 4.38. The van der Waals surface area contributed by atoms with Gasteiger partial charge in [0.15, 0.2) is 5.15 Å². The summed E-state index contributed by atoms with van der Waals surface area (Å²) in [4.78, 5) is 23.8. The van der Waals surface area contributed by atoms with E-state index in [9.17, 15) is 4.79 Å². The molecule has 1 fully saturated rings. The molecule has 35 heavy (non-hydrogen) atoms. The second-order valence-corrected chi connectivity index (χ2v) is 9.11. The zero-order valence-corrected chi connectivity index (χ0v) is 19.4. The molecule has 0 bridgehead atoms. The van der Waals surface area contributed by atoms with Crippen molar-refractivity contribution >= 4 is 39.9 Å². The summed E-state index contributed by atoms with van der Waals surface area (Å²) < 4.78 is 7.39. The van der Waals surface area contributed by atoms with Crippen molar-refractivity contribution in [2.24, 2.45) is 0 Å². The number of pyridine rings is 2. The average molecular weight is 486 g/mol. The average Bonchev–Trinajstić information content (AvgIpc) is 3.47. The lowest BCUT2D eigenvalue weighted by atomic mass is 10.0. The van der Waals surface area contributed by atoms with Gasteiger partial charge in [0.25, 0.3) is 5.91 Å². The molecular weight excluding hydrogens is 466 g/mol. The van der Waals surface area contributed by atoms with Crippen LogP contribution in [-0.4, -0.2) is 25.7 Å². The Labute approximate surface area is 205 Å². The number of fused-ring (bicyclic) bond motifs is 3. The lowest BCUT2D eigenvalue weighted by Gasteiger charge is -2.22. The van der Waals surface area contributed by atoms with Gasteiger partial charge >= 0.3 is 0 Å². The van der Waals surface area contributed by atoms with Gasteiger partial charge in [0.1, 0.15) is 23.3 Å². The number of nitrogen functional groups attached to an aromatic ring is 1. The third-order valence-corrected chi connectivity index (χ3v) is 6.66. The summed E-state index contributed by atoms with van der Waals surface area (Å²) in [5.74, 6) is 0.168. The molecule has 0 radical (unpaired) electrons. The number of ether oxygens (including phenoxy) is 1. The van der Waals surface area contributed by atoms with Crippen molar-refractivity contribution < 1.29 is 9.53 Å². The molecule has 0 atom stereocenters. The SMILES string of the molecule is N#Cc1ccc(C(=O)N(Cc2ccc3c4c(c(N)nc3c2)COC4)c2cn(C3CC3)nc2Cl)cn1. The summed E-state index contributed by atoms with van der Waals surface area (Å²) in [7, 11) is 0. The molecule has 3 aromatic heterocycles. The minimum Gasteiger partial charge on any atom is -0.383 e. The van der Waals surface area contributed by atoms with E-state index in [2.05, 4.69) is 15.1 Å². The van der Waals surface area contributed by atoms with Gasteiger partial charge < -0.3 is 10.5 Å². The molecule has 4 heterocycles. The molecule has 2 N–H and O–H groups in total. The van der Waals surface area contributed by atoms with E-state index in [4.69, 9.17) is 27.3 Å². The first kappa shape index (κ1) is 21.5. The third kappa shape index (κ3) is 3.87. The van der Waals surface area contributed by atoms with Crippen LogP contribution < -0.4 is 10.6 Å². The molecule has 1 aliphatic carbocycles. The van der Waals surface area contributed by atoms with Crippen LogP contribution in [0.25, 0.3) is 10.9 Å². The van der Waals surface area contributed by atoms with Gasteiger partial charge in [-0.2, -0.15) is 10.4 Å². The zero-order valence-electron chi connectivity index (χ0n) is 18.6. The number of nitrogens with two attached hydrogens (primary N) is 1. The minimum absolute atomic E-state index is 0.236. The molecule has 1 amide bonds. The Morgan fingerprint density at radius 1 is 1.26 bits per heavy atom. The molecule has 0 saturated heterocycles. The van der Waals surface area contributed by atoms with Crippen LogP contribution in [0.5, 0.6) is 0 Å². The number of aromatic nitrogens is 4. The van der Waals surface area contributed by atoms with E-state index in [1.54, 1.807) is 11.0 Å². The van der Waals surface area contributed by atoms with Crippen LogP contribution in [0.4, 0.5) is 11.5 Å². The molecule has 2 aliphatic rings. The van der Waals surface area contributed by atoms with Gasteiger partial charge in [-0.25, -0.2) is 9.97 Å². The monoisotopic (exact) mass is 485 g/mol. The highest BCUT2D eigenvalue weighted by Crippen LogP contribution is 2.38. The predicted molar refractivity (Wildman–Crippen MR) is 130 cm³/mol. The van der Waals surface area contributed by atoms with E-state index in [-0.39, 0.29) is 23.3 Å². The van der Waals surface area contributed by atoms with Crippen molar-refractivity contribution in [3.63, 3.8) is 0 Å². The number of hydrogen-bond donors (Lipinski definition) is 1. The molecule has 10 heteroatoms. The first-order valence-electron chi connectivity index (χ1n) is 11.2. The molecule has 174 valence electrons. The van der Waals surface area contributed by atoms with E-state index < -0.39 is 0 Å². The van der Waals surface area contributed by atoms with E-state index in [1.165, 1.54) is 12.3 Å². The Balaban J connectivity index is 1.40. The number of halogens is 1. The number of amides is 1. The van der Waals surface area contributed by atoms with Crippen LogP contribution in [0.3, 0.4) is 0 Å². The maximum Gasteiger partial charge on any atom is 0.260 e. The molecule has 0 spiro atoms. The topological polar surface area (TPSA) is 123 Å².